The third kappa shape index (κ3) is 2.74. The molecule has 1 N–H and O–H groups in total. The minimum atomic E-state index is -0.0692. The summed E-state index contributed by atoms with van der Waals surface area (Å²) in [5, 5.41) is 4.16. The standard InChI is InChI=1S/C23H24N4O/c1-15-8-9-20-17(13-15)18-14-26(2)12-10-21(18)27(20)23(28)25-19-7-3-5-16-6-4-11-24-22(16)19/h3-9,11,13,18,21H,10,12,14H2,1-2H3,(H,25,28). The molecular weight excluding hydrogens is 348 g/mol. The molecular formula is C23H24N4O. The zero-order chi connectivity index (χ0) is 19.3. The number of likely N-dealkylation sites (N-methyl/N-ethyl adjacent to an activating group) is 1. The summed E-state index contributed by atoms with van der Waals surface area (Å²) in [5.41, 5.74) is 5.16. The Morgan fingerprint density at radius 2 is 2.04 bits per heavy atom. The smallest absolute Gasteiger partial charge is 0.306 e. The largest absolute Gasteiger partial charge is 0.326 e. The number of aromatic nitrogens is 1. The molecule has 2 atom stereocenters. The van der Waals surface area contributed by atoms with E-state index in [1.54, 1.807) is 6.20 Å². The number of likely N-dealkylation sites (tertiary alicyclic amines) is 1. The topological polar surface area (TPSA) is 48.5 Å². The van der Waals surface area contributed by atoms with Gasteiger partial charge >= 0.3 is 6.03 Å². The number of hydrogen-bond acceptors (Lipinski definition) is 3. The lowest BCUT2D eigenvalue weighted by atomic mass is 9.89. The lowest BCUT2D eigenvalue weighted by Crippen LogP contribution is -2.48. The molecule has 0 radical (unpaired) electrons. The maximum Gasteiger partial charge on any atom is 0.326 e. The van der Waals surface area contributed by atoms with E-state index in [4.69, 9.17) is 0 Å². The van der Waals surface area contributed by atoms with Crippen molar-refractivity contribution in [1.82, 2.24) is 9.88 Å². The Bertz CT molecular complexity index is 1060. The predicted octanol–water partition coefficient (Wildman–Crippen LogP) is 4.38. The van der Waals surface area contributed by atoms with Crippen molar-refractivity contribution in [1.29, 1.82) is 0 Å². The molecule has 1 fully saturated rings. The SMILES string of the molecule is Cc1ccc2c(c1)C1CN(C)CCC1N2C(=O)Nc1cccc2cccnc12. The van der Waals surface area contributed by atoms with Crippen LogP contribution in [0.3, 0.4) is 0 Å². The molecule has 0 aliphatic carbocycles. The quantitative estimate of drug-likeness (QED) is 0.689. The minimum absolute atomic E-state index is 0.0692. The highest BCUT2D eigenvalue weighted by molar-refractivity contribution is 6.07. The molecule has 5 nitrogen and oxygen atoms in total. The molecule has 142 valence electrons. The molecule has 0 saturated carbocycles. The summed E-state index contributed by atoms with van der Waals surface area (Å²) in [6, 6.07) is 16.4. The Hall–Kier alpha value is -2.92. The number of amides is 2. The molecule has 1 aromatic heterocycles. The average Bonchev–Trinajstić information content (AvgIpc) is 3.01. The van der Waals surface area contributed by atoms with Crippen molar-refractivity contribution in [2.45, 2.75) is 25.3 Å². The van der Waals surface area contributed by atoms with E-state index in [1.165, 1.54) is 11.1 Å². The number of nitrogens with zero attached hydrogens (tertiary/aromatic N) is 3. The Balaban J connectivity index is 1.52. The number of nitrogens with one attached hydrogen (secondary N) is 1. The van der Waals surface area contributed by atoms with Crippen molar-refractivity contribution in [3.63, 3.8) is 0 Å². The van der Waals surface area contributed by atoms with Crippen LogP contribution in [0.5, 0.6) is 0 Å². The van der Waals surface area contributed by atoms with Gasteiger partial charge in [0, 0.05) is 35.8 Å². The third-order valence-electron chi connectivity index (χ3n) is 6.05. The minimum Gasteiger partial charge on any atom is -0.306 e. The van der Waals surface area contributed by atoms with E-state index in [9.17, 15) is 4.79 Å². The van der Waals surface area contributed by atoms with Crippen molar-refractivity contribution >= 4 is 28.3 Å². The van der Waals surface area contributed by atoms with E-state index in [2.05, 4.69) is 47.4 Å². The van der Waals surface area contributed by atoms with E-state index in [1.807, 2.05) is 35.2 Å². The van der Waals surface area contributed by atoms with E-state index in [-0.39, 0.29) is 12.1 Å². The molecule has 2 unspecified atom stereocenters. The van der Waals surface area contributed by atoms with Crippen molar-refractivity contribution in [2.75, 3.05) is 30.4 Å². The summed E-state index contributed by atoms with van der Waals surface area (Å²) in [6.45, 7) is 4.11. The number of urea groups is 1. The Morgan fingerprint density at radius 3 is 2.93 bits per heavy atom. The maximum atomic E-state index is 13.4. The number of aryl methyl sites for hydroxylation is 1. The van der Waals surface area contributed by atoms with Crippen LogP contribution in [0, 0.1) is 6.92 Å². The first kappa shape index (κ1) is 17.2. The molecule has 28 heavy (non-hydrogen) atoms. The van der Waals surface area contributed by atoms with Gasteiger partial charge < -0.3 is 10.2 Å². The van der Waals surface area contributed by atoms with Crippen molar-refractivity contribution in [3.8, 4) is 0 Å². The fourth-order valence-corrected chi connectivity index (χ4v) is 4.73. The summed E-state index contributed by atoms with van der Waals surface area (Å²) in [4.78, 5) is 22.2. The Kier molecular flexibility index (Phi) is 4.05. The number of rotatable bonds is 1. The molecule has 5 rings (SSSR count). The van der Waals surface area contributed by atoms with Crippen LogP contribution in [0.25, 0.3) is 10.9 Å². The van der Waals surface area contributed by atoms with Gasteiger partial charge in [-0.15, -0.1) is 0 Å². The predicted molar refractivity (Wildman–Crippen MR) is 113 cm³/mol. The zero-order valence-electron chi connectivity index (χ0n) is 16.2. The number of pyridine rings is 1. The van der Waals surface area contributed by atoms with Crippen LogP contribution in [0.4, 0.5) is 16.2 Å². The second-order valence-corrected chi connectivity index (χ2v) is 7.97. The molecule has 3 aromatic rings. The monoisotopic (exact) mass is 372 g/mol. The van der Waals surface area contributed by atoms with Crippen LogP contribution in [0.1, 0.15) is 23.5 Å². The number of anilines is 2. The molecule has 3 heterocycles. The average molecular weight is 372 g/mol. The number of benzene rings is 2. The first-order chi connectivity index (χ1) is 13.6. The molecule has 2 aromatic carbocycles. The van der Waals surface area contributed by atoms with Gasteiger partial charge in [0.15, 0.2) is 0 Å². The van der Waals surface area contributed by atoms with Crippen LogP contribution in [-0.4, -0.2) is 42.1 Å². The van der Waals surface area contributed by atoms with Crippen molar-refractivity contribution in [2.24, 2.45) is 0 Å². The van der Waals surface area contributed by atoms with Crippen LogP contribution in [0.2, 0.25) is 0 Å². The van der Waals surface area contributed by atoms with Crippen molar-refractivity contribution < 1.29 is 4.79 Å². The summed E-state index contributed by atoms with van der Waals surface area (Å²) in [6.07, 6.45) is 2.75. The van der Waals surface area contributed by atoms with E-state index >= 15 is 0 Å². The molecule has 0 bridgehead atoms. The fraction of sp³-hybridized carbons (Fsp3) is 0.304. The molecule has 1 saturated heterocycles. The Labute approximate surface area is 165 Å². The molecule has 5 heteroatoms. The Morgan fingerprint density at radius 1 is 1.18 bits per heavy atom. The lowest BCUT2D eigenvalue weighted by Gasteiger charge is -2.36. The summed E-state index contributed by atoms with van der Waals surface area (Å²) in [7, 11) is 2.16. The number of fused-ring (bicyclic) bond motifs is 4. The van der Waals surface area contributed by atoms with E-state index < -0.39 is 0 Å². The number of hydrogen-bond donors (Lipinski definition) is 1. The van der Waals surface area contributed by atoms with Gasteiger partial charge in [-0.2, -0.15) is 0 Å². The second kappa shape index (κ2) is 6.60. The van der Waals surface area contributed by atoms with Crippen LogP contribution >= 0.6 is 0 Å². The lowest BCUT2D eigenvalue weighted by molar-refractivity contribution is 0.224. The molecule has 2 amide bonds. The van der Waals surface area contributed by atoms with E-state index in [0.29, 0.717) is 5.92 Å². The summed E-state index contributed by atoms with van der Waals surface area (Å²) in [5.74, 6) is 0.366. The van der Waals surface area contributed by atoms with Gasteiger partial charge in [-0.25, -0.2) is 4.79 Å². The normalized spacial score (nSPS) is 21.4. The molecule has 2 aliphatic rings. The van der Waals surface area contributed by atoms with Gasteiger partial charge in [0.2, 0.25) is 0 Å². The number of carbonyl (C=O) groups is 1. The maximum absolute atomic E-state index is 13.4. The molecule has 2 aliphatic heterocycles. The summed E-state index contributed by atoms with van der Waals surface area (Å²) < 4.78 is 0. The van der Waals surface area contributed by atoms with Gasteiger partial charge in [0.1, 0.15) is 0 Å². The van der Waals surface area contributed by atoms with Crippen LogP contribution < -0.4 is 10.2 Å². The zero-order valence-corrected chi connectivity index (χ0v) is 16.2. The number of para-hydroxylation sites is 1. The first-order valence-corrected chi connectivity index (χ1v) is 9.85. The number of piperidine rings is 1. The van der Waals surface area contributed by atoms with Gasteiger partial charge in [0.05, 0.1) is 11.2 Å². The fourth-order valence-electron chi connectivity index (χ4n) is 4.73. The van der Waals surface area contributed by atoms with Gasteiger partial charge in [-0.3, -0.25) is 9.88 Å². The number of carbonyl (C=O) groups excluding carboxylic acids is 1. The van der Waals surface area contributed by atoms with Crippen LogP contribution in [-0.2, 0) is 0 Å². The van der Waals surface area contributed by atoms with E-state index in [0.717, 1.165) is 41.8 Å². The highest BCUT2D eigenvalue weighted by Crippen LogP contribution is 2.45. The third-order valence-corrected chi connectivity index (χ3v) is 6.05. The highest BCUT2D eigenvalue weighted by atomic mass is 16.2. The van der Waals surface area contributed by atoms with Crippen molar-refractivity contribution in [3.05, 3.63) is 65.9 Å². The molecule has 0 spiro atoms. The van der Waals surface area contributed by atoms with Gasteiger partial charge in [-0.1, -0.05) is 35.9 Å². The second-order valence-electron chi connectivity index (χ2n) is 7.97. The van der Waals surface area contributed by atoms with Crippen LogP contribution in [0.15, 0.2) is 54.7 Å². The summed E-state index contributed by atoms with van der Waals surface area (Å²) >= 11 is 0. The van der Waals surface area contributed by atoms with Gasteiger partial charge in [0.25, 0.3) is 0 Å². The first-order valence-electron chi connectivity index (χ1n) is 9.85. The highest BCUT2D eigenvalue weighted by Gasteiger charge is 2.44. The van der Waals surface area contributed by atoms with Gasteiger partial charge in [-0.05, 0) is 50.7 Å².